The summed E-state index contributed by atoms with van der Waals surface area (Å²) in [6.07, 6.45) is 1.08. The monoisotopic (exact) mass is 255 g/mol. The minimum atomic E-state index is -0.443. The Bertz CT molecular complexity index is 516. The van der Waals surface area contributed by atoms with Crippen molar-refractivity contribution in [3.63, 3.8) is 0 Å². The molecule has 0 amide bonds. The van der Waals surface area contributed by atoms with Gasteiger partial charge in [0.15, 0.2) is 0 Å². The van der Waals surface area contributed by atoms with E-state index in [9.17, 15) is 14.7 Å². The Balaban J connectivity index is 2.75. The first-order valence-electron chi connectivity index (χ1n) is 5.99. The summed E-state index contributed by atoms with van der Waals surface area (Å²) < 4.78 is 2.45. The highest BCUT2D eigenvalue weighted by atomic mass is 16.3. The zero-order valence-corrected chi connectivity index (χ0v) is 11.3. The Hall–Kier alpha value is -1.40. The van der Waals surface area contributed by atoms with Gasteiger partial charge in [0, 0.05) is 38.9 Å². The quantitative estimate of drug-likeness (QED) is 0.721. The molecule has 1 rings (SSSR count). The summed E-state index contributed by atoms with van der Waals surface area (Å²) in [7, 11) is 3.06. The highest BCUT2D eigenvalue weighted by Gasteiger charge is 2.10. The van der Waals surface area contributed by atoms with Crippen LogP contribution in [0.15, 0.2) is 15.8 Å². The maximum Gasteiger partial charge on any atom is 0.330 e. The minimum absolute atomic E-state index is 0.167. The van der Waals surface area contributed by atoms with Gasteiger partial charge in [-0.25, -0.2) is 4.79 Å². The molecule has 1 aromatic heterocycles. The summed E-state index contributed by atoms with van der Waals surface area (Å²) in [5, 5.41) is 12.6. The summed E-state index contributed by atoms with van der Waals surface area (Å²) in [5.74, 6) is 0.167. The van der Waals surface area contributed by atoms with E-state index in [-0.39, 0.29) is 17.2 Å². The maximum atomic E-state index is 11.8. The van der Waals surface area contributed by atoms with E-state index in [1.165, 1.54) is 17.8 Å². The summed E-state index contributed by atoms with van der Waals surface area (Å²) in [4.78, 5) is 23.3. The molecule has 0 aliphatic rings. The average Bonchev–Trinajstić information content (AvgIpc) is 2.32. The van der Waals surface area contributed by atoms with E-state index in [4.69, 9.17) is 0 Å². The minimum Gasteiger partial charge on any atom is -0.392 e. The molecule has 0 radical (unpaired) electrons. The van der Waals surface area contributed by atoms with Crippen LogP contribution < -0.4 is 16.6 Å². The number of rotatable bonds is 5. The van der Waals surface area contributed by atoms with E-state index in [1.54, 1.807) is 7.05 Å². The number of hydrogen-bond acceptors (Lipinski definition) is 4. The molecule has 102 valence electrons. The van der Waals surface area contributed by atoms with Gasteiger partial charge in [-0.15, -0.1) is 0 Å². The van der Waals surface area contributed by atoms with Crippen molar-refractivity contribution in [2.75, 3.05) is 6.54 Å². The molecule has 1 unspecified atom stereocenters. The Labute approximate surface area is 106 Å². The smallest absolute Gasteiger partial charge is 0.330 e. The number of hydrogen-bond donors (Lipinski definition) is 2. The fourth-order valence-corrected chi connectivity index (χ4v) is 1.59. The summed E-state index contributed by atoms with van der Waals surface area (Å²) in [5.41, 5.74) is -0.133. The largest absolute Gasteiger partial charge is 0.392 e. The molecule has 6 nitrogen and oxygen atoms in total. The number of nitrogens with zero attached hydrogens (tertiary/aromatic N) is 2. The first kappa shape index (κ1) is 14.7. The van der Waals surface area contributed by atoms with Crippen LogP contribution in [-0.2, 0) is 20.6 Å². The number of nitrogens with one attached hydrogen (secondary N) is 1. The zero-order chi connectivity index (χ0) is 13.9. The Morgan fingerprint density at radius 2 is 1.94 bits per heavy atom. The van der Waals surface area contributed by atoms with E-state index in [1.807, 2.05) is 13.8 Å². The van der Waals surface area contributed by atoms with Gasteiger partial charge in [0.2, 0.25) is 0 Å². The van der Waals surface area contributed by atoms with Crippen molar-refractivity contribution in [2.45, 2.75) is 26.5 Å². The first-order valence-corrected chi connectivity index (χ1v) is 5.99. The van der Waals surface area contributed by atoms with Crippen LogP contribution >= 0.6 is 0 Å². The van der Waals surface area contributed by atoms with Crippen LogP contribution in [0.4, 0.5) is 0 Å². The third-order valence-corrected chi connectivity index (χ3v) is 2.96. The fraction of sp³-hybridized carbons (Fsp3) is 0.667. The van der Waals surface area contributed by atoms with Crippen LogP contribution in [0.5, 0.6) is 0 Å². The molecular formula is C12H21N3O3. The molecule has 0 aromatic carbocycles. The van der Waals surface area contributed by atoms with Crippen molar-refractivity contribution in [1.29, 1.82) is 0 Å². The molecule has 18 heavy (non-hydrogen) atoms. The van der Waals surface area contributed by atoms with Crippen molar-refractivity contribution < 1.29 is 5.11 Å². The number of aryl methyl sites for hydroxylation is 1. The topological polar surface area (TPSA) is 76.3 Å². The summed E-state index contributed by atoms with van der Waals surface area (Å²) in [6, 6.07) is 0. The van der Waals surface area contributed by atoms with Gasteiger partial charge in [0.1, 0.15) is 0 Å². The lowest BCUT2D eigenvalue weighted by molar-refractivity contribution is 0.123. The second-order valence-corrected chi connectivity index (χ2v) is 4.85. The highest BCUT2D eigenvalue weighted by molar-refractivity contribution is 5.05. The molecule has 2 N–H and O–H groups in total. The third kappa shape index (κ3) is 3.30. The summed E-state index contributed by atoms with van der Waals surface area (Å²) in [6.45, 7) is 4.61. The van der Waals surface area contributed by atoms with Crippen LogP contribution in [-0.4, -0.2) is 26.9 Å². The van der Waals surface area contributed by atoms with Gasteiger partial charge in [-0.1, -0.05) is 13.8 Å². The SMILES string of the molecule is CC(C)C(O)CNCc1cn(C)c(=O)n(C)c1=O. The Kier molecular flexibility index (Phi) is 4.86. The number of aromatic nitrogens is 2. The van der Waals surface area contributed by atoms with Crippen LogP contribution in [0, 0.1) is 5.92 Å². The molecule has 1 atom stereocenters. The molecule has 0 aliphatic heterocycles. The number of aliphatic hydroxyl groups excluding tert-OH is 1. The predicted octanol–water partition coefficient (Wildman–Crippen LogP) is -0.809. The lowest BCUT2D eigenvalue weighted by atomic mass is 10.1. The molecule has 0 fully saturated rings. The molecule has 1 heterocycles. The average molecular weight is 255 g/mol. The standard InChI is InChI=1S/C12H21N3O3/c1-8(2)10(16)6-13-5-9-7-14(3)12(18)15(4)11(9)17/h7-8,10,13,16H,5-6H2,1-4H3. The molecule has 0 saturated carbocycles. The van der Waals surface area contributed by atoms with E-state index in [0.29, 0.717) is 18.7 Å². The van der Waals surface area contributed by atoms with Crippen LogP contribution in [0.3, 0.4) is 0 Å². The molecule has 1 aromatic rings. The molecule has 0 saturated heterocycles. The predicted molar refractivity (Wildman–Crippen MR) is 69.5 cm³/mol. The first-order chi connectivity index (χ1) is 8.34. The molecule has 0 aliphatic carbocycles. The van der Waals surface area contributed by atoms with Crippen molar-refractivity contribution in [3.05, 3.63) is 32.6 Å². The normalized spacial score (nSPS) is 13.0. The van der Waals surface area contributed by atoms with Gasteiger partial charge in [-0.3, -0.25) is 9.36 Å². The second-order valence-electron chi connectivity index (χ2n) is 4.85. The van der Waals surface area contributed by atoms with Gasteiger partial charge >= 0.3 is 5.69 Å². The van der Waals surface area contributed by atoms with Crippen LogP contribution in [0.25, 0.3) is 0 Å². The van der Waals surface area contributed by atoms with Crippen molar-refractivity contribution >= 4 is 0 Å². The Morgan fingerprint density at radius 3 is 2.50 bits per heavy atom. The molecular weight excluding hydrogens is 234 g/mol. The van der Waals surface area contributed by atoms with E-state index in [0.717, 1.165) is 4.57 Å². The molecule has 6 heteroatoms. The van der Waals surface area contributed by atoms with Crippen molar-refractivity contribution in [3.8, 4) is 0 Å². The van der Waals surface area contributed by atoms with Crippen molar-refractivity contribution in [2.24, 2.45) is 20.0 Å². The fourth-order valence-electron chi connectivity index (χ4n) is 1.59. The van der Waals surface area contributed by atoms with Gasteiger partial charge in [0.25, 0.3) is 5.56 Å². The van der Waals surface area contributed by atoms with E-state index >= 15 is 0 Å². The molecule has 0 bridgehead atoms. The lowest BCUT2D eigenvalue weighted by Crippen LogP contribution is -2.40. The highest BCUT2D eigenvalue weighted by Crippen LogP contribution is 1.99. The summed E-state index contributed by atoms with van der Waals surface area (Å²) >= 11 is 0. The van der Waals surface area contributed by atoms with Gasteiger partial charge in [-0.2, -0.15) is 0 Å². The van der Waals surface area contributed by atoms with Gasteiger partial charge in [0.05, 0.1) is 6.10 Å². The van der Waals surface area contributed by atoms with Crippen molar-refractivity contribution in [1.82, 2.24) is 14.5 Å². The lowest BCUT2D eigenvalue weighted by Gasteiger charge is -2.15. The van der Waals surface area contributed by atoms with Gasteiger partial charge in [-0.05, 0) is 5.92 Å². The van der Waals surface area contributed by atoms with Crippen LogP contribution in [0.2, 0.25) is 0 Å². The third-order valence-electron chi connectivity index (χ3n) is 2.96. The Morgan fingerprint density at radius 1 is 1.33 bits per heavy atom. The maximum absolute atomic E-state index is 11.8. The zero-order valence-electron chi connectivity index (χ0n) is 11.3. The van der Waals surface area contributed by atoms with Crippen LogP contribution in [0.1, 0.15) is 19.4 Å². The molecule has 0 spiro atoms. The van der Waals surface area contributed by atoms with Gasteiger partial charge < -0.3 is 15.0 Å². The van der Waals surface area contributed by atoms with E-state index < -0.39 is 6.10 Å². The second kappa shape index (κ2) is 5.97. The number of aliphatic hydroxyl groups is 1. The van der Waals surface area contributed by atoms with E-state index in [2.05, 4.69) is 5.32 Å².